The van der Waals surface area contributed by atoms with Crippen LogP contribution in [-0.4, -0.2) is 47.4 Å². The average molecular weight is 373 g/mol. The van der Waals surface area contributed by atoms with Gasteiger partial charge < -0.3 is 15.7 Å². The van der Waals surface area contributed by atoms with Gasteiger partial charge in [0.15, 0.2) is 0 Å². The van der Waals surface area contributed by atoms with E-state index in [1.54, 1.807) is 38.1 Å². The SMILES string of the molecule is CC1(C)[C@H](C(=O)O)[C@@H]1C(=O)Nc1cccc(NC(=O)CN2CCCCC2)c1. The van der Waals surface area contributed by atoms with Gasteiger partial charge in [-0.15, -0.1) is 0 Å². The monoisotopic (exact) mass is 373 g/mol. The summed E-state index contributed by atoms with van der Waals surface area (Å²) < 4.78 is 0. The van der Waals surface area contributed by atoms with E-state index in [9.17, 15) is 19.5 Å². The summed E-state index contributed by atoms with van der Waals surface area (Å²) in [4.78, 5) is 38.1. The van der Waals surface area contributed by atoms with Gasteiger partial charge in [0.25, 0.3) is 0 Å². The second-order valence-corrected chi connectivity index (χ2v) is 8.07. The van der Waals surface area contributed by atoms with Gasteiger partial charge in [0.2, 0.25) is 11.8 Å². The first kappa shape index (κ1) is 19.4. The number of carboxylic acids is 1. The van der Waals surface area contributed by atoms with Crippen LogP contribution in [0, 0.1) is 17.3 Å². The van der Waals surface area contributed by atoms with Crippen molar-refractivity contribution in [1.82, 2.24) is 4.90 Å². The van der Waals surface area contributed by atoms with E-state index in [1.807, 2.05) is 0 Å². The molecule has 146 valence electrons. The number of amides is 2. The molecule has 2 aliphatic rings. The second-order valence-electron chi connectivity index (χ2n) is 8.07. The predicted molar refractivity (Wildman–Crippen MR) is 102 cm³/mol. The molecule has 1 aliphatic carbocycles. The topological polar surface area (TPSA) is 98.7 Å². The number of nitrogens with zero attached hydrogens (tertiary/aromatic N) is 1. The molecule has 1 heterocycles. The lowest BCUT2D eigenvalue weighted by Crippen LogP contribution is -2.36. The highest BCUT2D eigenvalue weighted by Gasteiger charge is 2.65. The number of carbonyl (C=O) groups excluding carboxylic acids is 2. The normalized spacial score (nSPS) is 24.1. The smallest absolute Gasteiger partial charge is 0.307 e. The molecule has 2 atom stereocenters. The molecule has 1 aliphatic heterocycles. The molecule has 3 rings (SSSR count). The van der Waals surface area contributed by atoms with Crippen molar-refractivity contribution in [3.63, 3.8) is 0 Å². The van der Waals surface area contributed by atoms with Crippen molar-refractivity contribution in [1.29, 1.82) is 0 Å². The maximum Gasteiger partial charge on any atom is 0.307 e. The van der Waals surface area contributed by atoms with Gasteiger partial charge in [0, 0.05) is 11.4 Å². The van der Waals surface area contributed by atoms with Gasteiger partial charge in [-0.1, -0.05) is 26.3 Å². The van der Waals surface area contributed by atoms with E-state index in [4.69, 9.17) is 0 Å². The van der Waals surface area contributed by atoms with Crippen LogP contribution in [0.25, 0.3) is 0 Å². The number of likely N-dealkylation sites (tertiary alicyclic amines) is 1. The summed E-state index contributed by atoms with van der Waals surface area (Å²) in [6.45, 7) is 5.84. The summed E-state index contributed by atoms with van der Waals surface area (Å²) >= 11 is 0. The third-order valence-electron chi connectivity index (χ3n) is 5.61. The first-order chi connectivity index (χ1) is 12.8. The van der Waals surface area contributed by atoms with Crippen LogP contribution in [0.2, 0.25) is 0 Å². The number of carboxylic acid groups (broad SMARTS) is 1. The largest absolute Gasteiger partial charge is 0.481 e. The Bertz CT molecular complexity index is 740. The molecule has 7 nitrogen and oxygen atoms in total. The zero-order valence-corrected chi connectivity index (χ0v) is 15.8. The Morgan fingerprint density at radius 2 is 1.70 bits per heavy atom. The molecule has 1 saturated heterocycles. The van der Waals surface area contributed by atoms with Gasteiger partial charge in [-0.3, -0.25) is 19.3 Å². The highest BCUT2D eigenvalue weighted by Crippen LogP contribution is 2.58. The van der Waals surface area contributed by atoms with E-state index in [-0.39, 0.29) is 11.8 Å². The molecule has 0 unspecified atom stereocenters. The standard InChI is InChI=1S/C20H27N3O4/c1-20(2)16(17(20)19(26)27)18(25)22-14-8-6-7-13(11-14)21-15(24)12-23-9-4-3-5-10-23/h6-8,11,16-17H,3-5,9-10,12H2,1-2H3,(H,21,24)(H,22,25)(H,26,27)/t16-,17+/m1/s1. The lowest BCUT2D eigenvalue weighted by molar-refractivity contribution is -0.140. The summed E-state index contributed by atoms with van der Waals surface area (Å²) in [5.74, 6) is -2.53. The fourth-order valence-electron chi connectivity index (χ4n) is 4.00. The molecule has 0 aromatic heterocycles. The van der Waals surface area contributed by atoms with Crippen LogP contribution in [0.3, 0.4) is 0 Å². The van der Waals surface area contributed by atoms with Crippen molar-refractivity contribution in [2.75, 3.05) is 30.3 Å². The molecule has 0 bridgehead atoms. The molecular formula is C20H27N3O4. The number of hydrogen-bond donors (Lipinski definition) is 3. The van der Waals surface area contributed by atoms with E-state index in [1.165, 1.54) is 6.42 Å². The predicted octanol–water partition coefficient (Wildman–Crippen LogP) is 2.41. The first-order valence-corrected chi connectivity index (χ1v) is 9.45. The molecule has 2 amide bonds. The molecule has 7 heteroatoms. The molecule has 27 heavy (non-hydrogen) atoms. The van der Waals surface area contributed by atoms with E-state index >= 15 is 0 Å². The van der Waals surface area contributed by atoms with Crippen molar-refractivity contribution < 1.29 is 19.5 Å². The Kier molecular flexibility index (Phi) is 5.51. The Balaban J connectivity index is 1.56. The van der Waals surface area contributed by atoms with Gasteiger partial charge in [0.05, 0.1) is 18.4 Å². The van der Waals surface area contributed by atoms with Gasteiger partial charge in [-0.25, -0.2) is 0 Å². The number of anilines is 2. The van der Waals surface area contributed by atoms with E-state index < -0.39 is 23.2 Å². The highest BCUT2D eigenvalue weighted by atomic mass is 16.4. The Morgan fingerprint density at radius 1 is 1.07 bits per heavy atom. The number of hydrogen-bond acceptors (Lipinski definition) is 4. The van der Waals surface area contributed by atoms with Crippen molar-refractivity contribution >= 4 is 29.2 Å². The molecule has 0 spiro atoms. The van der Waals surface area contributed by atoms with Crippen LogP contribution in [0.4, 0.5) is 11.4 Å². The lowest BCUT2D eigenvalue weighted by Gasteiger charge is -2.25. The fourth-order valence-corrected chi connectivity index (χ4v) is 4.00. The molecular weight excluding hydrogens is 346 g/mol. The van der Waals surface area contributed by atoms with Crippen LogP contribution in [0.5, 0.6) is 0 Å². The van der Waals surface area contributed by atoms with Crippen molar-refractivity contribution in [2.24, 2.45) is 17.3 Å². The van der Waals surface area contributed by atoms with Crippen molar-refractivity contribution in [3.05, 3.63) is 24.3 Å². The molecule has 2 fully saturated rings. The Labute approximate surface area is 159 Å². The quantitative estimate of drug-likeness (QED) is 0.711. The maximum absolute atomic E-state index is 12.4. The fraction of sp³-hybridized carbons (Fsp3) is 0.550. The minimum absolute atomic E-state index is 0.0744. The Morgan fingerprint density at radius 3 is 2.30 bits per heavy atom. The van der Waals surface area contributed by atoms with Gasteiger partial charge in [-0.2, -0.15) is 0 Å². The Hall–Kier alpha value is -2.41. The number of aliphatic carboxylic acids is 1. The summed E-state index contributed by atoms with van der Waals surface area (Å²) in [5, 5.41) is 14.9. The minimum Gasteiger partial charge on any atom is -0.481 e. The van der Waals surface area contributed by atoms with E-state index in [0.29, 0.717) is 17.9 Å². The zero-order chi connectivity index (χ0) is 19.6. The summed E-state index contributed by atoms with van der Waals surface area (Å²) in [5.41, 5.74) is 0.609. The van der Waals surface area contributed by atoms with Crippen LogP contribution in [-0.2, 0) is 14.4 Å². The van der Waals surface area contributed by atoms with Crippen LogP contribution >= 0.6 is 0 Å². The highest BCUT2D eigenvalue weighted by molar-refractivity contribution is 6.00. The number of piperidine rings is 1. The maximum atomic E-state index is 12.4. The lowest BCUT2D eigenvalue weighted by atomic mass is 10.1. The third-order valence-corrected chi connectivity index (χ3v) is 5.61. The summed E-state index contributed by atoms with van der Waals surface area (Å²) in [7, 11) is 0. The number of rotatable bonds is 6. The van der Waals surface area contributed by atoms with Gasteiger partial charge in [0.1, 0.15) is 0 Å². The average Bonchev–Trinajstić information content (AvgIpc) is 3.19. The van der Waals surface area contributed by atoms with Crippen LogP contribution in [0.15, 0.2) is 24.3 Å². The first-order valence-electron chi connectivity index (χ1n) is 9.45. The van der Waals surface area contributed by atoms with Gasteiger partial charge >= 0.3 is 5.97 Å². The van der Waals surface area contributed by atoms with Crippen molar-refractivity contribution in [3.8, 4) is 0 Å². The van der Waals surface area contributed by atoms with Gasteiger partial charge in [-0.05, 0) is 49.5 Å². The third kappa shape index (κ3) is 4.47. The number of nitrogens with one attached hydrogen (secondary N) is 2. The van der Waals surface area contributed by atoms with Crippen LogP contribution in [0.1, 0.15) is 33.1 Å². The minimum atomic E-state index is -0.945. The van der Waals surface area contributed by atoms with E-state index in [2.05, 4.69) is 15.5 Å². The summed E-state index contributed by atoms with van der Waals surface area (Å²) in [6, 6.07) is 6.93. The molecule has 1 aromatic rings. The zero-order valence-electron chi connectivity index (χ0n) is 15.8. The second kappa shape index (κ2) is 7.68. The van der Waals surface area contributed by atoms with E-state index in [0.717, 1.165) is 25.9 Å². The molecule has 1 saturated carbocycles. The number of benzene rings is 1. The summed E-state index contributed by atoms with van der Waals surface area (Å²) in [6.07, 6.45) is 3.48. The molecule has 1 aromatic carbocycles. The molecule has 3 N–H and O–H groups in total. The van der Waals surface area contributed by atoms with Crippen LogP contribution < -0.4 is 10.6 Å². The van der Waals surface area contributed by atoms with Crippen molar-refractivity contribution in [2.45, 2.75) is 33.1 Å². The molecule has 0 radical (unpaired) electrons. The number of carbonyl (C=O) groups is 3.